The van der Waals surface area contributed by atoms with Crippen molar-refractivity contribution in [2.24, 2.45) is 4.99 Å². The summed E-state index contributed by atoms with van der Waals surface area (Å²) in [5.74, 6) is 1.29. The van der Waals surface area contributed by atoms with Crippen LogP contribution >= 0.6 is 11.8 Å². The smallest absolute Gasteiger partial charge is 0.241 e. The molecule has 0 fully saturated rings. The Morgan fingerprint density at radius 3 is 2.46 bits per heavy atom. The van der Waals surface area contributed by atoms with Gasteiger partial charge in [-0.15, -0.1) is 11.8 Å². The van der Waals surface area contributed by atoms with Gasteiger partial charge in [-0.05, 0) is 42.0 Å². The fourth-order valence-corrected chi connectivity index (χ4v) is 3.10. The fraction of sp³-hybridized carbons (Fsp3) is 0.333. The van der Waals surface area contributed by atoms with E-state index in [4.69, 9.17) is 0 Å². The van der Waals surface area contributed by atoms with Gasteiger partial charge in [-0.25, -0.2) is 9.38 Å². The lowest BCUT2D eigenvalue weighted by Crippen LogP contribution is -2.43. The zero-order chi connectivity index (χ0) is 20.2. The third kappa shape index (κ3) is 8.43. The number of likely N-dealkylation sites (N-methyl/N-ethyl adjacent to an activating group) is 1. The van der Waals surface area contributed by atoms with Gasteiger partial charge in [0.05, 0.1) is 13.1 Å². The average Bonchev–Trinajstić information content (AvgIpc) is 2.71. The highest BCUT2D eigenvalue weighted by molar-refractivity contribution is 7.99. The van der Waals surface area contributed by atoms with E-state index in [0.29, 0.717) is 12.5 Å². The maximum Gasteiger partial charge on any atom is 0.241 e. The van der Waals surface area contributed by atoms with Gasteiger partial charge in [-0.3, -0.25) is 4.79 Å². The van der Waals surface area contributed by atoms with Crippen LogP contribution in [0.2, 0.25) is 0 Å². The summed E-state index contributed by atoms with van der Waals surface area (Å²) in [5.41, 5.74) is 1.11. The minimum absolute atomic E-state index is 0.0129. The summed E-state index contributed by atoms with van der Waals surface area (Å²) in [6.07, 6.45) is 0.912. The van der Waals surface area contributed by atoms with Crippen LogP contribution < -0.4 is 10.6 Å². The first-order chi connectivity index (χ1) is 13.5. The molecule has 1 amide bonds. The molecular formula is C21H27FN4OS. The van der Waals surface area contributed by atoms with Gasteiger partial charge >= 0.3 is 0 Å². The Balaban J connectivity index is 1.80. The van der Waals surface area contributed by atoms with Crippen molar-refractivity contribution in [1.29, 1.82) is 0 Å². The summed E-state index contributed by atoms with van der Waals surface area (Å²) in [7, 11) is 3.45. The van der Waals surface area contributed by atoms with Gasteiger partial charge < -0.3 is 15.5 Å². The fourth-order valence-electron chi connectivity index (χ4n) is 2.25. The van der Waals surface area contributed by atoms with Crippen molar-refractivity contribution < 1.29 is 9.18 Å². The molecule has 0 aromatic heterocycles. The van der Waals surface area contributed by atoms with Crippen molar-refractivity contribution in [3.8, 4) is 0 Å². The summed E-state index contributed by atoms with van der Waals surface area (Å²) >= 11 is 1.69. The first kappa shape index (κ1) is 21.8. The number of hydrogen-bond acceptors (Lipinski definition) is 3. The van der Waals surface area contributed by atoms with Crippen molar-refractivity contribution in [3.05, 3.63) is 66.0 Å². The number of carbonyl (C=O) groups is 1. The van der Waals surface area contributed by atoms with Crippen LogP contribution in [-0.2, 0) is 11.3 Å². The molecule has 0 aliphatic rings. The molecule has 2 N–H and O–H groups in total. The van der Waals surface area contributed by atoms with E-state index in [9.17, 15) is 9.18 Å². The van der Waals surface area contributed by atoms with Crippen LogP contribution in [0.4, 0.5) is 4.39 Å². The second kappa shape index (κ2) is 12.0. The maximum atomic E-state index is 12.9. The molecule has 2 aromatic carbocycles. The van der Waals surface area contributed by atoms with Crippen molar-refractivity contribution in [3.63, 3.8) is 0 Å². The molecule has 0 aliphatic heterocycles. The Kier molecular flexibility index (Phi) is 9.34. The van der Waals surface area contributed by atoms with Crippen LogP contribution in [0, 0.1) is 5.82 Å². The Bertz CT molecular complexity index is 751. The zero-order valence-corrected chi connectivity index (χ0v) is 17.1. The predicted octanol–water partition coefficient (Wildman–Crippen LogP) is 3.13. The number of nitrogens with one attached hydrogen (secondary N) is 2. The molecule has 150 valence electrons. The van der Waals surface area contributed by atoms with Gasteiger partial charge in [-0.2, -0.15) is 0 Å². The van der Waals surface area contributed by atoms with Gasteiger partial charge in [0.1, 0.15) is 5.82 Å². The SMILES string of the molecule is CN(C)C(=O)CNC(=NCc1ccccc1)NCCCSc1ccc(F)cc1. The van der Waals surface area contributed by atoms with Gasteiger partial charge in [0, 0.05) is 25.5 Å². The van der Waals surface area contributed by atoms with Crippen molar-refractivity contribution >= 4 is 23.6 Å². The molecule has 0 atom stereocenters. The number of hydrogen-bond donors (Lipinski definition) is 2. The molecular weight excluding hydrogens is 375 g/mol. The highest BCUT2D eigenvalue weighted by atomic mass is 32.2. The Morgan fingerprint density at radius 2 is 1.79 bits per heavy atom. The van der Waals surface area contributed by atoms with E-state index in [1.54, 1.807) is 42.9 Å². The van der Waals surface area contributed by atoms with E-state index < -0.39 is 0 Å². The van der Waals surface area contributed by atoms with Crippen molar-refractivity contribution in [2.75, 3.05) is 32.9 Å². The maximum absolute atomic E-state index is 12.9. The van der Waals surface area contributed by atoms with Gasteiger partial charge in [-0.1, -0.05) is 30.3 Å². The summed E-state index contributed by atoms with van der Waals surface area (Å²) in [6, 6.07) is 16.5. The number of halogens is 1. The first-order valence-electron chi connectivity index (χ1n) is 9.19. The number of amides is 1. The number of nitrogens with zero attached hydrogens (tertiary/aromatic N) is 2. The highest BCUT2D eigenvalue weighted by Crippen LogP contribution is 2.18. The minimum atomic E-state index is -0.219. The van der Waals surface area contributed by atoms with Crippen LogP contribution in [-0.4, -0.2) is 49.7 Å². The third-order valence-electron chi connectivity index (χ3n) is 3.86. The van der Waals surface area contributed by atoms with E-state index in [1.165, 1.54) is 12.1 Å². The Morgan fingerprint density at radius 1 is 1.07 bits per heavy atom. The lowest BCUT2D eigenvalue weighted by atomic mass is 10.2. The zero-order valence-electron chi connectivity index (χ0n) is 16.3. The van der Waals surface area contributed by atoms with Gasteiger partial charge in [0.25, 0.3) is 0 Å². The first-order valence-corrected chi connectivity index (χ1v) is 10.2. The third-order valence-corrected chi connectivity index (χ3v) is 4.96. The van der Waals surface area contributed by atoms with E-state index in [2.05, 4.69) is 15.6 Å². The van der Waals surface area contributed by atoms with E-state index >= 15 is 0 Å². The van der Waals surface area contributed by atoms with E-state index in [-0.39, 0.29) is 18.3 Å². The van der Waals surface area contributed by atoms with E-state index in [1.807, 2.05) is 30.3 Å². The van der Waals surface area contributed by atoms with Crippen LogP contribution in [0.5, 0.6) is 0 Å². The van der Waals surface area contributed by atoms with Gasteiger partial charge in [0.2, 0.25) is 5.91 Å². The standard InChI is InChI=1S/C21H27FN4OS/c1-26(2)20(27)16-25-21(24-15-17-7-4-3-5-8-17)23-13-6-14-28-19-11-9-18(22)10-12-19/h3-5,7-12H,6,13-16H2,1-2H3,(H2,23,24,25). The molecule has 2 rings (SSSR count). The summed E-state index contributed by atoms with van der Waals surface area (Å²) < 4.78 is 12.9. The molecule has 0 saturated heterocycles. The van der Waals surface area contributed by atoms with Crippen LogP contribution in [0.15, 0.2) is 64.5 Å². The average molecular weight is 403 g/mol. The molecule has 0 saturated carbocycles. The second-order valence-electron chi connectivity index (χ2n) is 6.37. The number of carbonyl (C=O) groups excluding carboxylic acids is 1. The molecule has 2 aromatic rings. The molecule has 7 heteroatoms. The van der Waals surface area contributed by atoms with E-state index in [0.717, 1.165) is 29.2 Å². The number of rotatable bonds is 9. The molecule has 0 aliphatic carbocycles. The molecule has 5 nitrogen and oxygen atoms in total. The molecule has 0 unspecified atom stereocenters. The second-order valence-corrected chi connectivity index (χ2v) is 7.54. The Labute approximate surface area is 170 Å². The number of thioether (sulfide) groups is 1. The van der Waals surface area contributed by atoms with Crippen molar-refractivity contribution in [2.45, 2.75) is 17.9 Å². The largest absolute Gasteiger partial charge is 0.356 e. The monoisotopic (exact) mass is 402 g/mol. The predicted molar refractivity (Wildman–Crippen MR) is 114 cm³/mol. The van der Waals surface area contributed by atoms with Crippen LogP contribution in [0.25, 0.3) is 0 Å². The lowest BCUT2D eigenvalue weighted by Gasteiger charge is -2.15. The van der Waals surface area contributed by atoms with Crippen molar-refractivity contribution in [1.82, 2.24) is 15.5 Å². The number of guanidine groups is 1. The van der Waals surface area contributed by atoms with Crippen LogP contribution in [0.3, 0.4) is 0 Å². The lowest BCUT2D eigenvalue weighted by molar-refractivity contribution is -0.127. The summed E-state index contributed by atoms with van der Waals surface area (Å²) in [4.78, 5) is 19.0. The molecule has 28 heavy (non-hydrogen) atoms. The molecule has 0 radical (unpaired) electrons. The molecule has 0 bridgehead atoms. The minimum Gasteiger partial charge on any atom is -0.356 e. The normalized spacial score (nSPS) is 11.2. The Hall–Kier alpha value is -2.54. The number of benzene rings is 2. The summed E-state index contributed by atoms with van der Waals surface area (Å²) in [6.45, 7) is 1.46. The topological polar surface area (TPSA) is 56.7 Å². The number of aliphatic imine (C=N–C) groups is 1. The molecule has 0 heterocycles. The quantitative estimate of drug-likeness (QED) is 0.293. The van der Waals surface area contributed by atoms with Gasteiger partial charge in [0.15, 0.2) is 5.96 Å². The van der Waals surface area contributed by atoms with Crippen LogP contribution in [0.1, 0.15) is 12.0 Å². The molecule has 0 spiro atoms. The highest BCUT2D eigenvalue weighted by Gasteiger charge is 2.06. The summed E-state index contributed by atoms with van der Waals surface area (Å²) in [5, 5.41) is 6.36.